The zero-order chi connectivity index (χ0) is 11.4. The van der Waals surface area contributed by atoms with Crippen LogP contribution in [0.5, 0.6) is 0 Å². The van der Waals surface area contributed by atoms with E-state index in [9.17, 15) is 4.79 Å². The van der Waals surface area contributed by atoms with E-state index in [4.69, 9.17) is 0 Å². The minimum Gasteiger partial charge on any atom is -0.468 e. The van der Waals surface area contributed by atoms with Crippen molar-refractivity contribution in [2.75, 3.05) is 7.11 Å². The second-order valence-corrected chi connectivity index (χ2v) is 3.03. The maximum Gasteiger partial charge on any atom is 0.317 e. The number of aromatic amines is 1. The van der Waals surface area contributed by atoms with Crippen LogP contribution in [0.3, 0.4) is 0 Å². The third-order valence-corrected chi connectivity index (χ3v) is 2.00. The molecule has 1 N–H and O–H groups in total. The number of carbonyl (C=O) groups is 1. The standard InChI is InChI=1S/C11H9N3O2/c1-16-10(15)6-2-5-9-8-4-3-7-12-11(8)14-13-9/h3-4,7H,6H2,1H3,(H,12,13,14). The van der Waals surface area contributed by atoms with Gasteiger partial charge in [-0.3, -0.25) is 9.89 Å². The number of rotatable bonds is 1. The van der Waals surface area contributed by atoms with Crippen molar-refractivity contribution in [2.24, 2.45) is 0 Å². The van der Waals surface area contributed by atoms with Crippen LogP contribution in [-0.4, -0.2) is 28.3 Å². The van der Waals surface area contributed by atoms with Crippen LogP contribution in [0.2, 0.25) is 0 Å². The van der Waals surface area contributed by atoms with E-state index in [1.54, 1.807) is 6.20 Å². The third kappa shape index (κ3) is 2.01. The molecular weight excluding hydrogens is 206 g/mol. The van der Waals surface area contributed by atoms with Gasteiger partial charge in [0.1, 0.15) is 12.1 Å². The molecule has 0 saturated heterocycles. The van der Waals surface area contributed by atoms with Gasteiger partial charge in [0.05, 0.1) is 12.5 Å². The Morgan fingerprint density at radius 3 is 3.31 bits per heavy atom. The normalized spacial score (nSPS) is 9.56. The molecule has 0 aromatic carbocycles. The lowest BCUT2D eigenvalue weighted by atomic mass is 10.2. The lowest BCUT2D eigenvalue weighted by Crippen LogP contribution is -1.97. The van der Waals surface area contributed by atoms with Crippen LogP contribution >= 0.6 is 0 Å². The number of ether oxygens (including phenoxy) is 1. The molecule has 0 amide bonds. The van der Waals surface area contributed by atoms with Crippen LogP contribution in [0.1, 0.15) is 12.1 Å². The fourth-order valence-corrected chi connectivity index (χ4v) is 1.22. The van der Waals surface area contributed by atoms with Crippen LogP contribution in [-0.2, 0) is 9.53 Å². The van der Waals surface area contributed by atoms with E-state index in [-0.39, 0.29) is 12.4 Å². The number of esters is 1. The smallest absolute Gasteiger partial charge is 0.317 e. The predicted molar refractivity (Wildman–Crippen MR) is 57.4 cm³/mol. The van der Waals surface area contributed by atoms with Crippen LogP contribution < -0.4 is 0 Å². The summed E-state index contributed by atoms with van der Waals surface area (Å²) in [4.78, 5) is 14.9. The van der Waals surface area contributed by atoms with Crippen LogP contribution in [0.15, 0.2) is 18.3 Å². The molecule has 0 radical (unpaired) electrons. The molecule has 16 heavy (non-hydrogen) atoms. The monoisotopic (exact) mass is 215 g/mol. The second-order valence-electron chi connectivity index (χ2n) is 3.03. The third-order valence-electron chi connectivity index (χ3n) is 2.00. The molecule has 0 bridgehead atoms. The van der Waals surface area contributed by atoms with E-state index in [1.807, 2.05) is 12.1 Å². The molecule has 0 aliphatic heterocycles. The molecular formula is C11H9N3O2. The summed E-state index contributed by atoms with van der Waals surface area (Å²) >= 11 is 0. The van der Waals surface area contributed by atoms with Crippen molar-refractivity contribution in [3.8, 4) is 11.8 Å². The summed E-state index contributed by atoms with van der Waals surface area (Å²) in [7, 11) is 1.33. The fourth-order valence-electron chi connectivity index (χ4n) is 1.22. The first kappa shape index (κ1) is 10.2. The Kier molecular flexibility index (Phi) is 2.83. The van der Waals surface area contributed by atoms with Gasteiger partial charge in [0.2, 0.25) is 0 Å². The highest BCUT2D eigenvalue weighted by molar-refractivity contribution is 5.80. The van der Waals surface area contributed by atoms with Crippen LogP contribution in [0.4, 0.5) is 0 Å². The van der Waals surface area contributed by atoms with E-state index < -0.39 is 0 Å². The van der Waals surface area contributed by atoms with Gasteiger partial charge in [-0.2, -0.15) is 5.10 Å². The zero-order valence-corrected chi connectivity index (χ0v) is 8.65. The summed E-state index contributed by atoms with van der Waals surface area (Å²) in [5.41, 5.74) is 1.27. The Balaban J connectivity index is 2.24. The van der Waals surface area contributed by atoms with E-state index in [0.717, 1.165) is 5.39 Å². The number of methoxy groups -OCH3 is 1. The summed E-state index contributed by atoms with van der Waals surface area (Å²) in [6, 6.07) is 3.68. The maximum atomic E-state index is 10.8. The Labute approximate surface area is 91.8 Å². The van der Waals surface area contributed by atoms with Crippen molar-refractivity contribution < 1.29 is 9.53 Å². The van der Waals surface area contributed by atoms with Crippen molar-refractivity contribution in [2.45, 2.75) is 6.42 Å². The van der Waals surface area contributed by atoms with Crippen molar-refractivity contribution in [1.29, 1.82) is 0 Å². The van der Waals surface area contributed by atoms with Gasteiger partial charge in [-0.05, 0) is 18.1 Å². The van der Waals surface area contributed by atoms with E-state index >= 15 is 0 Å². The summed E-state index contributed by atoms with van der Waals surface area (Å²) < 4.78 is 4.48. The number of aromatic nitrogens is 3. The topological polar surface area (TPSA) is 67.9 Å². The van der Waals surface area contributed by atoms with Crippen molar-refractivity contribution in [3.05, 3.63) is 24.0 Å². The lowest BCUT2D eigenvalue weighted by Gasteiger charge is -1.89. The highest BCUT2D eigenvalue weighted by Crippen LogP contribution is 2.10. The number of fused-ring (bicyclic) bond motifs is 1. The molecule has 2 heterocycles. The first-order valence-electron chi connectivity index (χ1n) is 4.66. The second kappa shape index (κ2) is 4.45. The maximum absolute atomic E-state index is 10.8. The minimum atomic E-state index is -0.352. The molecule has 0 fully saturated rings. The molecule has 0 unspecified atom stereocenters. The van der Waals surface area contributed by atoms with Crippen molar-refractivity contribution in [1.82, 2.24) is 15.2 Å². The Morgan fingerprint density at radius 2 is 2.50 bits per heavy atom. The van der Waals surface area contributed by atoms with Gasteiger partial charge in [-0.25, -0.2) is 4.98 Å². The molecule has 2 rings (SSSR count). The first-order chi connectivity index (χ1) is 7.81. The van der Waals surface area contributed by atoms with Gasteiger partial charge >= 0.3 is 5.97 Å². The summed E-state index contributed by atoms with van der Waals surface area (Å²) in [6.07, 6.45) is 1.73. The Morgan fingerprint density at radius 1 is 1.62 bits per heavy atom. The molecule has 0 atom stereocenters. The van der Waals surface area contributed by atoms with Gasteiger partial charge in [-0.15, -0.1) is 0 Å². The highest BCUT2D eigenvalue weighted by atomic mass is 16.5. The number of nitrogens with zero attached hydrogens (tertiary/aromatic N) is 2. The highest BCUT2D eigenvalue weighted by Gasteiger charge is 2.02. The molecule has 0 saturated carbocycles. The number of hydrogen-bond donors (Lipinski definition) is 1. The van der Waals surface area contributed by atoms with E-state index in [1.165, 1.54) is 7.11 Å². The minimum absolute atomic E-state index is 0.0667. The van der Waals surface area contributed by atoms with Crippen molar-refractivity contribution in [3.63, 3.8) is 0 Å². The number of carbonyl (C=O) groups excluding carboxylic acids is 1. The molecule has 2 aromatic heterocycles. The van der Waals surface area contributed by atoms with Gasteiger partial charge < -0.3 is 4.74 Å². The van der Waals surface area contributed by atoms with Gasteiger partial charge in [0.15, 0.2) is 5.65 Å². The largest absolute Gasteiger partial charge is 0.468 e. The Bertz CT molecular complexity index is 577. The van der Waals surface area contributed by atoms with Gasteiger partial charge in [0.25, 0.3) is 0 Å². The van der Waals surface area contributed by atoms with Crippen molar-refractivity contribution >= 4 is 17.0 Å². The van der Waals surface area contributed by atoms with Crippen LogP contribution in [0, 0.1) is 11.8 Å². The van der Waals surface area contributed by atoms with E-state index in [2.05, 4.69) is 31.8 Å². The molecule has 5 nitrogen and oxygen atoms in total. The summed E-state index contributed by atoms with van der Waals surface area (Å²) in [5.74, 6) is 5.18. The molecule has 5 heteroatoms. The van der Waals surface area contributed by atoms with E-state index in [0.29, 0.717) is 11.3 Å². The van der Waals surface area contributed by atoms with Gasteiger partial charge in [0, 0.05) is 6.20 Å². The average Bonchev–Trinajstić information content (AvgIpc) is 2.73. The SMILES string of the molecule is COC(=O)CC#Cc1[nH]nc2ncccc12. The molecule has 0 spiro atoms. The molecule has 0 aliphatic rings. The predicted octanol–water partition coefficient (Wildman–Crippen LogP) is 0.872. The fraction of sp³-hybridized carbons (Fsp3) is 0.182. The molecule has 2 aromatic rings. The first-order valence-corrected chi connectivity index (χ1v) is 4.66. The van der Waals surface area contributed by atoms with Gasteiger partial charge in [-0.1, -0.05) is 5.92 Å². The number of hydrogen-bond acceptors (Lipinski definition) is 4. The quantitative estimate of drug-likeness (QED) is 0.566. The summed E-state index contributed by atoms with van der Waals surface area (Å²) in [6.45, 7) is 0. The number of nitrogens with one attached hydrogen (secondary N) is 1. The summed E-state index contributed by atoms with van der Waals surface area (Å²) in [5, 5.41) is 7.60. The van der Waals surface area contributed by atoms with Crippen LogP contribution in [0.25, 0.3) is 11.0 Å². The number of pyridine rings is 1. The molecule has 0 aliphatic carbocycles. The zero-order valence-electron chi connectivity index (χ0n) is 8.65. The number of H-pyrrole nitrogens is 1. The molecule has 80 valence electrons. The average molecular weight is 215 g/mol. The Hall–Kier alpha value is -2.35. The lowest BCUT2D eigenvalue weighted by molar-refractivity contribution is -0.139.